The lowest BCUT2D eigenvalue weighted by Crippen LogP contribution is -1.98. The predicted octanol–water partition coefficient (Wildman–Crippen LogP) is 1.68. The number of aryl methyl sites for hydroxylation is 1. The molecule has 0 N–H and O–H groups in total. The number of methoxy groups -OCH3 is 2. The Bertz CT molecular complexity index is 249. The molecular weight excluding hydrogens is 166 g/mol. The number of rotatable bonds is 4. The molecule has 3 nitrogen and oxygen atoms in total. The Labute approximate surface area is 78.7 Å². The second-order valence-corrected chi connectivity index (χ2v) is 2.97. The topological polar surface area (TPSA) is 31.4 Å². The van der Waals surface area contributed by atoms with Crippen molar-refractivity contribution >= 4 is 0 Å². The van der Waals surface area contributed by atoms with E-state index in [0.717, 1.165) is 17.0 Å². The molecule has 0 amide bonds. The van der Waals surface area contributed by atoms with Crippen molar-refractivity contribution in [2.24, 2.45) is 0 Å². The molecule has 3 heteroatoms. The molecule has 0 saturated heterocycles. The van der Waals surface area contributed by atoms with E-state index < -0.39 is 0 Å². The van der Waals surface area contributed by atoms with E-state index >= 15 is 0 Å². The van der Waals surface area contributed by atoms with E-state index in [2.05, 4.69) is 4.98 Å². The van der Waals surface area contributed by atoms with Gasteiger partial charge in [0.1, 0.15) is 0 Å². The zero-order chi connectivity index (χ0) is 9.68. The second-order valence-electron chi connectivity index (χ2n) is 2.97. The Hall–Kier alpha value is -0.930. The molecule has 0 unspecified atom stereocenters. The fourth-order valence-electron chi connectivity index (χ4n) is 1.29. The van der Waals surface area contributed by atoms with Gasteiger partial charge in [0.05, 0.1) is 18.9 Å². The number of hydrogen-bond acceptors (Lipinski definition) is 3. The standard InChI is InChI=1S/C10H15NO2/c1-8-4-9(6-12-2)5-10(11-8)7-13-3/h4-5H,6-7H2,1-3H3. The maximum absolute atomic E-state index is 5.05. The summed E-state index contributed by atoms with van der Waals surface area (Å²) < 4.78 is 10.1. The first kappa shape index (κ1) is 10.2. The van der Waals surface area contributed by atoms with Crippen LogP contribution in [-0.4, -0.2) is 19.2 Å². The van der Waals surface area contributed by atoms with E-state index in [1.54, 1.807) is 14.2 Å². The van der Waals surface area contributed by atoms with Crippen molar-refractivity contribution in [1.82, 2.24) is 4.98 Å². The van der Waals surface area contributed by atoms with Gasteiger partial charge in [-0.3, -0.25) is 4.98 Å². The molecule has 0 aliphatic heterocycles. The summed E-state index contributed by atoms with van der Waals surface area (Å²) in [6, 6.07) is 4.02. The Morgan fingerprint density at radius 1 is 1.15 bits per heavy atom. The van der Waals surface area contributed by atoms with Crippen LogP contribution in [0.25, 0.3) is 0 Å². The number of hydrogen-bond donors (Lipinski definition) is 0. The normalized spacial score (nSPS) is 10.4. The van der Waals surface area contributed by atoms with Crippen LogP contribution in [-0.2, 0) is 22.7 Å². The fourth-order valence-corrected chi connectivity index (χ4v) is 1.29. The van der Waals surface area contributed by atoms with Crippen LogP contribution in [0, 0.1) is 6.92 Å². The van der Waals surface area contributed by atoms with Crippen LogP contribution in [0.2, 0.25) is 0 Å². The molecule has 0 bridgehead atoms. The third kappa shape index (κ3) is 3.13. The van der Waals surface area contributed by atoms with Crippen molar-refractivity contribution in [2.45, 2.75) is 20.1 Å². The Morgan fingerprint density at radius 2 is 1.85 bits per heavy atom. The van der Waals surface area contributed by atoms with Crippen molar-refractivity contribution < 1.29 is 9.47 Å². The summed E-state index contributed by atoms with van der Waals surface area (Å²) in [7, 11) is 3.35. The van der Waals surface area contributed by atoms with Gasteiger partial charge in [0.15, 0.2) is 0 Å². The van der Waals surface area contributed by atoms with Crippen molar-refractivity contribution in [3.05, 3.63) is 29.1 Å². The molecule has 1 aromatic rings. The third-order valence-electron chi connectivity index (χ3n) is 1.67. The maximum atomic E-state index is 5.05. The SMILES string of the molecule is COCc1cc(C)nc(COC)c1. The average Bonchev–Trinajstić information content (AvgIpc) is 2.04. The highest BCUT2D eigenvalue weighted by Gasteiger charge is 1.99. The molecule has 1 aromatic heterocycles. The molecule has 0 atom stereocenters. The van der Waals surface area contributed by atoms with E-state index in [1.807, 2.05) is 19.1 Å². The monoisotopic (exact) mass is 181 g/mol. The van der Waals surface area contributed by atoms with Crippen LogP contribution < -0.4 is 0 Å². The largest absolute Gasteiger partial charge is 0.380 e. The maximum Gasteiger partial charge on any atom is 0.0884 e. The molecule has 13 heavy (non-hydrogen) atoms. The molecular formula is C10H15NO2. The summed E-state index contributed by atoms with van der Waals surface area (Å²) in [5, 5.41) is 0. The lowest BCUT2D eigenvalue weighted by Gasteiger charge is -2.05. The van der Waals surface area contributed by atoms with Crippen LogP contribution in [0.1, 0.15) is 17.0 Å². The van der Waals surface area contributed by atoms with E-state index in [9.17, 15) is 0 Å². The molecule has 0 aliphatic carbocycles. The van der Waals surface area contributed by atoms with E-state index in [4.69, 9.17) is 9.47 Å². The summed E-state index contributed by atoms with van der Waals surface area (Å²) in [5.41, 5.74) is 3.10. The first-order valence-electron chi connectivity index (χ1n) is 4.20. The molecule has 0 saturated carbocycles. The Morgan fingerprint density at radius 3 is 2.46 bits per heavy atom. The molecule has 72 valence electrons. The van der Waals surface area contributed by atoms with Gasteiger partial charge >= 0.3 is 0 Å². The summed E-state index contributed by atoms with van der Waals surface area (Å²) in [6.45, 7) is 3.15. The zero-order valence-corrected chi connectivity index (χ0v) is 8.33. The van der Waals surface area contributed by atoms with E-state index in [0.29, 0.717) is 13.2 Å². The molecule has 1 heterocycles. The first-order valence-corrected chi connectivity index (χ1v) is 4.20. The highest BCUT2D eigenvalue weighted by molar-refractivity contribution is 5.19. The number of nitrogens with zero attached hydrogens (tertiary/aromatic N) is 1. The van der Waals surface area contributed by atoms with Crippen molar-refractivity contribution in [2.75, 3.05) is 14.2 Å². The zero-order valence-electron chi connectivity index (χ0n) is 8.33. The van der Waals surface area contributed by atoms with Gasteiger partial charge < -0.3 is 9.47 Å². The minimum absolute atomic E-state index is 0.554. The molecule has 1 rings (SSSR count). The highest BCUT2D eigenvalue weighted by atomic mass is 16.5. The van der Waals surface area contributed by atoms with E-state index in [-0.39, 0.29) is 0 Å². The van der Waals surface area contributed by atoms with Crippen LogP contribution in [0.15, 0.2) is 12.1 Å². The van der Waals surface area contributed by atoms with Gasteiger partial charge in [-0.15, -0.1) is 0 Å². The van der Waals surface area contributed by atoms with E-state index in [1.165, 1.54) is 0 Å². The van der Waals surface area contributed by atoms with Crippen molar-refractivity contribution in [3.63, 3.8) is 0 Å². The second kappa shape index (κ2) is 4.94. The quantitative estimate of drug-likeness (QED) is 0.708. The summed E-state index contributed by atoms with van der Waals surface area (Å²) in [4.78, 5) is 4.33. The van der Waals surface area contributed by atoms with Gasteiger partial charge in [-0.1, -0.05) is 0 Å². The Kier molecular flexibility index (Phi) is 3.86. The van der Waals surface area contributed by atoms with Gasteiger partial charge in [-0.2, -0.15) is 0 Å². The van der Waals surface area contributed by atoms with Gasteiger partial charge in [0.2, 0.25) is 0 Å². The number of ether oxygens (including phenoxy) is 2. The molecule has 0 aromatic carbocycles. The molecule has 0 aliphatic rings. The smallest absolute Gasteiger partial charge is 0.0884 e. The minimum atomic E-state index is 0.554. The fraction of sp³-hybridized carbons (Fsp3) is 0.500. The van der Waals surface area contributed by atoms with Gasteiger partial charge in [-0.05, 0) is 24.6 Å². The van der Waals surface area contributed by atoms with Gasteiger partial charge in [0.25, 0.3) is 0 Å². The highest BCUT2D eigenvalue weighted by Crippen LogP contribution is 2.07. The van der Waals surface area contributed by atoms with Gasteiger partial charge in [0, 0.05) is 19.9 Å². The third-order valence-corrected chi connectivity index (χ3v) is 1.67. The van der Waals surface area contributed by atoms with Crippen LogP contribution in [0.4, 0.5) is 0 Å². The van der Waals surface area contributed by atoms with Crippen molar-refractivity contribution in [1.29, 1.82) is 0 Å². The number of aromatic nitrogens is 1. The lowest BCUT2D eigenvalue weighted by atomic mass is 10.2. The van der Waals surface area contributed by atoms with Crippen LogP contribution in [0.3, 0.4) is 0 Å². The Balaban J connectivity index is 2.83. The lowest BCUT2D eigenvalue weighted by molar-refractivity contribution is 0.177. The predicted molar refractivity (Wildman–Crippen MR) is 50.4 cm³/mol. The molecule has 0 fully saturated rings. The molecule has 0 radical (unpaired) electrons. The average molecular weight is 181 g/mol. The van der Waals surface area contributed by atoms with Crippen molar-refractivity contribution in [3.8, 4) is 0 Å². The van der Waals surface area contributed by atoms with Crippen LogP contribution >= 0.6 is 0 Å². The van der Waals surface area contributed by atoms with Crippen LogP contribution in [0.5, 0.6) is 0 Å². The summed E-state index contributed by atoms with van der Waals surface area (Å²) in [6.07, 6.45) is 0. The molecule has 0 spiro atoms. The number of pyridine rings is 1. The summed E-state index contributed by atoms with van der Waals surface area (Å²) >= 11 is 0. The minimum Gasteiger partial charge on any atom is -0.380 e. The first-order chi connectivity index (χ1) is 6.26. The van der Waals surface area contributed by atoms with Gasteiger partial charge in [-0.25, -0.2) is 0 Å². The summed E-state index contributed by atoms with van der Waals surface area (Å²) in [5.74, 6) is 0.